The van der Waals surface area contributed by atoms with Gasteiger partial charge in [0.2, 0.25) is 5.91 Å². The van der Waals surface area contributed by atoms with Gasteiger partial charge < -0.3 is 5.21 Å². The number of carbonyl (C=O) groups excluding carboxylic acids is 1. The molecule has 0 unspecified atom stereocenters. The number of amides is 1. The van der Waals surface area contributed by atoms with Gasteiger partial charge >= 0.3 is 0 Å². The van der Waals surface area contributed by atoms with Crippen molar-refractivity contribution < 1.29 is 10.0 Å². The zero-order chi connectivity index (χ0) is 9.14. The van der Waals surface area contributed by atoms with E-state index < -0.39 is 0 Å². The summed E-state index contributed by atoms with van der Waals surface area (Å²) in [4.78, 5) is 14.2. The Morgan fingerprint density at radius 3 is 2.92 bits per heavy atom. The van der Waals surface area contributed by atoms with Crippen LogP contribution < -0.4 is 5.49 Å². The third-order valence-electron chi connectivity index (χ3n) is 1.34. The minimum atomic E-state index is -0.330. The fraction of sp³-hybridized carbons (Fsp3) is 0.250. The van der Waals surface area contributed by atoms with Gasteiger partial charge in [0.15, 0.2) is 5.49 Å². The third-order valence-corrected chi connectivity index (χ3v) is 1.34. The molecule has 0 aliphatic rings. The van der Waals surface area contributed by atoms with Crippen LogP contribution in [0.2, 0.25) is 0 Å². The number of carbonyl (C=O) groups is 1. The van der Waals surface area contributed by atoms with Crippen LogP contribution in [0, 0.1) is 6.92 Å². The van der Waals surface area contributed by atoms with Gasteiger partial charge in [0.05, 0.1) is 0 Å². The van der Waals surface area contributed by atoms with Crippen LogP contribution in [-0.2, 0) is 4.79 Å². The van der Waals surface area contributed by atoms with Crippen LogP contribution in [0.3, 0.4) is 0 Å². The van der Waals surface area contributed by atoms with E-state index in [-0.39, 0.29) is 11.4 Å². The molecule has 64 valence electrons. The fourth-order valence-electron chi connectivity index (χ4n) is 0.827. The van der Waals surface area contributed by atoms with Gasteiger partial charge in [0.25, 0.3) is 0 Å². The van der Waals surface area contributed by atoms with Crippen LogP contribution >= 0.6 is 0 Å². The molecule has 1 amide bonds. The highest BCUT2D eigenvalue weighted by Gasteiger charge is 1.92. The first-order chi connectivity index (χ1) is 5.59. The summed E-state index contributed by atoms with van der Waals surface area (Å²) in [6.07, 6.45) is 1.44. The number of rotatable bonds is 0. The molecule has 0 atom stereocenters. The summed E-state index contributed by atoms with van der Waals surface area (Å²) in [5, 5.41) is 9.15. The highest BCUT2D eigenvalue weighted by Crippen LogP contribution is 1.88. The topological polar surface area (TPSA) is 54.6 Å². The van der Waals surface area contributed by atoms with Crippen molar-refractivity contribution in [2.75, 3.05) is 0 Å². The van der Waals surface area contributed by atoms with Crippen LogP contribution in [0.15, 0.2) is 23.3 Å². The van der Waals surface area contributed by atoms with Crippen molar-refractivity contribution in [1.82, 2.24) is 4.73 Å². The molecule has 0 saturated heterocycles. The van der Waals surface area contributed by atoms with Gasteiger partial charge in [-0.3, -0.25) is 4.79 Å². The summed E-state index contributed by atoms with van der Waals surface area (Å²) in [5.74, 6) is -0.330. The fourth-order valence-corrected chi connectivity index (χ4v) is 0.827. The molecule has 1 heterocycles. The molecule has 4 nitrogen and oxygen atoms in total. The lowest BCUT2D eigenvalue weighted by atomic mass is 10.3. The molecular formula is C8H10N2O2. The highest BCUT2D eigenvalue weighted by molar-refractivity contribution is 5.73. The SMILES string of the molecule is CC(=O)N=c1cc(C)ccn1O. The maximum atomic E-state index is 10.6. The normalized spacial score (nSPS) is 11.7. The molecule has 0 saturated carbocycles. The zero-order valence-corrected chi connectivity index (χ0v) is 6.98. The molecule has 0 radical (unpaired) electrons. The average Bonchev–Trinajstić information content (AvgIpc) is 1.96. The quantitative estimate of drug-likeness (QED) is 0.570. The number of aromatic nitrogens is 1. The van der Waals surface area contributed by atoms with Gasteiger partial charge in [-0.1, -0.05) is 0 Å². The molecule has 1 rings (SSSR count). The van der Waals surface area contributed by atoms with E-state index in [1.807, 2.05) is 6.92 Å². The summed E-state index contributed by atoms with van der Waals surface area (Å²) in [6.45, 7) is 3.20. The molecule has 12 heavy (non-hydrogen) atoms. The minimum absolute atomic E-state index is 0.252. The van der Waals surface area contributed by atoms with E-state index >= 15 is 0 Å². The first-order valence-corrected chi connectivity index (χ1v) is 3.53. The Morgan fingerprint density at radius 1 is 1.67 bits per heavy atom. The second-order valence-electron chi connectivity index (χ2n) is 2.54. The Bertz CT molecular complexity index is 366. The van der Waals surface area contributed by atoms with E-state index in [0.29, 0.717) is 0 Å². The van der Waals surface area contributed by atoms with Crippen molar-refractivity contribution in [1.29, 1.82) is 0 Å². The predicted octanol–water partition coefficient (Wildman–Crippen LogP) is 0.481. The summed E-state index contributed by atoms with van der Waals surface area (Å²) in [5.41, 5.74) is 1.20. The van der Waals surface area contributed by atoms with E-state index in [1.165, 1.54) is 13.1 Å². The molecule has 1 aromatic heterocycles. The van der Waals surface area contributed by atoms with Crippen LogP contribution in [-0.4, -0.2) is 15.8 Å². The third kappa shape index (κ3) is 1.95. The summed E-state index contributed by atoms with van der Waals surface area (Å²) >= 11 is 0. The Balaban J connectivity index is 3.32. The molecule has 0 spiro atoms. The van der Waals surface area contributed by atoms with Crippen molar-refractivity contribution in [2.45, 2.75) is 13.8 Å². The molecular weight excluding hydrogens is 156 g/mol. The second kappa shape index (κ2) is 3.21. The Hall–Kier alpha value is -1.58. The number of hydrogen-bond acceptors (Lipinski definition) is 2. The van der Waals surface area contributed by atoms with Gasteiger partial charge in [-0.05, 0) is 24.6 Å². The molecule has 1 aromatic rings. The number of pyridine rings is 1. The maximum Gasteiger partial charge on any atom is 0.244 e. The van der Waals surface area contributed by atoms with Gasteiger partial charge in [-0.25, -0.2) is 0 Å². The van der Waals surface area contributed by atoms with Gasteiger partial charge in [-0.15, -0.1) is 0 Å². The maximum absolute atomic E-state index is 10.6. The van der Waals surface area contributed by atoms with Crippen molar-refractivity contribution >= 4 is 5.91 Å². The van der Waals surface area contributed by atoms with Gasteiger partial charge in [0.1, 0.15) is 0 Å². The average molecular weight is 166 g/mol. The summed E-state index contributed by atoms with van der Waals surface area (Å²) in [7, 11) is 0. The van der Waals surface area contributed by atoms with E-state index in [4.69, 9.17) is 5.21 Å². The molecule has 1 N–H and O–H groups in total. The van der Waals surface area contributed by atoms with Crippen LogP contribution in [0.25, 0.3) is 0 Å². The second-order valence-corrected chi connectivity index (χ2v) is 2.54. The molecule has 0 aliphatic carbocycles. The Labute approximate surface area is 69.8 Å². The number of nitrogens with zero attached hydrogens (tertiary/aromatic N) is 2. The predicted molar refractivity (Wildman–Crippen MR) is 42.6 cm³/mol. The molecule has 0 fully saturated rings. The Morgan fingerprint density at radius 2 is 2.33 bits per heavy atom. The van der Waals surface area contributed by atoms with Crippen LogP contribution in [0.1, 0.15) is 12.5 Å². The standard InChI is InChI=1S/C8H10N2O2/c1-6-3-4-10(12)8(5-6)9-7(2)11/h3-5,12H,1-2H3. The van der Waals surface area contributed by atoms with E-state index in [9.17, 15) is 4.79 Å². The van der Waals surface area contributed by atoms with Crippen molar-refractivity contribution in [2.24, 2.45) is 4.99 Å². The molecule has 0 aromatic carbocycles. The van der Waals surface area contributed by atoms with E-state index in [1.54, 1.807) is 12.1 Å². The van der Waals surface area contributed by atoms with Gasteiger partial charge in [-0.2, -0.15) is 9.72 Å². The van der Waals surface area contributed by atoms with E-state index in [0.717, 1.165) is 10.3 Å². The van der Waals surface area contributed by atoms with Crippen molar-refractivity contribution in [3.05, 3.63) is 29.4 Å². The lowest BCUT2D eigenvalue weighted by Gasteiger charge is -1.97. The Kier molecular flexibility index (Phi) is 2.28. The largest absolute Gasteiger partial charge is 0.427 e. The first kappa shape index (κ1) is 8.52. The first-order valence-electron chi connectivity index (χ1n) is 3.53. The highest BCUT2D eigenvalue weighted by atomic mass is 16.5. The molecule has 0 aliphatic heterocycles. The summed E-state index contributed by atoms with van der Waals surface area (Å²) < 4.78 is 0.814. The molecule has 0 bridgehead atoms. The smallest absolute Gasteiger partial charge is 0.244 e. The van der Waals surface area contributed by atoms with Crippen LogP contribution in [0.4, 0.5) is 0 Å². The number of hydrogen-bond donors (Lipinski definition) is 1. The minimum Gasteiger partial charge on any atom is -0.427 e. The monoisotopic (exact) mass is 166 g/mol. The van der Waals surface area contributed by atoms with Crippen molar-refractivity contribution in [3.63, 3.8) is 0 Å². The summed E-state index contributed by atoms with van der Waals surface area (Å²) in [6, 6.07) is 3.35. The lowest BCUT2D eigenvalue weighted by Crippen LogP contribution is -2.19. The lowest BCUT2D eigenvalue weighted by molar-refractivity contribution is -0.116. The molecule has 4 heteroatoms. The van der Waals surface area contributed by atoms with Crippen molar-refractivity contribution in [3.8, 4) is 0 Å². The van der Waals surface area contributed by atoms with E-state index in [2.05, 4.69) is 4.99 Å². The zero-order valence-electron chi connectivity index (χ0n) is 6.98. The van der Waals surface area contributed by atoms with Gasteiger partial charge in [0, 0.05) is 13.1 Å². The van der Waals surface area contributed by atoms with Crippen LogP contribution in [0.5, 0.6) is 0 Å². The number of aryl methyl sites for hydroxylation is 1.